The van der Waals surface area contributed by atoms with Gasteiger partial charge in [0.05, 0.1) is 26.5 Å². The van der Waals surface area contributed by atoms with E-state index in [0.29, 0.717) is 30.2 Å². The van der Waals surface area contributed by atoms with Gasteiger partial charge in [-0.25, -0.2) is 4.98 Å². The lowest BCUT2D eigenvalue weighted by molar-refractivity contribution is 0.0622. The van der Waals surface area contributed by atoms with Crippen molar-refractivity contribution in [3.63, 3.8) is 0 Å². The molecule has 0 aliphatic carbocycles. The number of piperazine rings is 1. The van der Waals surface area contributed by atoms with Crippen molar-refractivity contribution in [1.82, 2.24) is 14.8 Å². The molecule has 0 atom stereocenters. The molecule has 3 aromatic rings. The van der Waals surface area contributed by atoms with Crippen LogP contribution in [0, 0.1) is 0 Å². The Morgan fingerprint density at radius 1 is 1.03 bits per heavy atom. The molecule has 1 amide bonds. The lowest BCUT2D eigenvalue weighted by atomic mass is 10.1. The first kappa shape index (κ1) is 21.6. The number of halogens is 1. The molecule has 4 rings (SSSR count). The highest BCUT2D eigenvalue weighted by atomic mass is 35.5. The first-order valence-corrected chi connectivity index (χ1v) is 11.3. The first-order valence-electron chi connectivity index (χ1n) is 10.0. The van der Waals surface area contributed by atoms with E-state index in [1.54, 1.807) is 37.7 Å². The van der Waals surface area contributed by atoms with Crippen LogP contribution in [0.2, 0.25) is 5.02 Å². The highest BCUT2D eigenvalue weighted by Gasteiger charge is 2.27. The topological polar surface area (TPSA) is 54.9 Å². The van der Waals surface area contributed by atoms with E-state index >= 15 is 0 Å². The number of aromatic nitrogens is 1. The summed E-state index contributed by atoms with van der Waals surface area (Å²) in [7, 11) is 3.13. The zero-order valence-electron chi connectivity index (χ0n) is 17.5. The molecule has 0 N–H and O–H groups in total. The van der Waals surface area contributed by atoms with Gasteiger partial charge in [0, 0.05) is 42.1 Å². The fraction of sp³-hybridized carbons (Fsp3) is 0.304. The summed E-state index contributed by atoms with van der Waals surface area (Å²) in [6.07, 6.45) is 0. The second-order valence-corrected chi connectivity index (χ2v) is 8.62. The molecular weight excluding hydrogens is 434 g/mol. The van der Waals surface area contributed by atoms with Gasteiger partial charge in [0.15, 0.2) is 0 Å². The lowest BCUT2D eigenvalue weighted by Crippen LogP contribution is -2.48. The van der Waals surface area contributed by atoms with E-state index in [9.17, 15) is 4.79 Å². The smallest absolute Gasteiger partial charge is 0.261 e. The average Bonchev–Trinajstić information content (AvgIpc) is 3.27. The van der Waals surface area contributed by atoms with E-state index in [1.165, 1.54) is 0 Å². The predicted octanol–water partition coefficient (Wildman–Crippen LogP) is 4.44. The van der Waals surface area contributed by atoms with E-state index in [1.807, 2.05) is 35.2 Å². The van der Waals surface area contributed by atoms with Crippen LogP contribution in [0.15, 0.2) is 47.8 Å². The number of nitrogens with zero attached hydrogens (tertiary/aromatic N) is 3. The zero-order valence-corrected chi connectivity index (χ0v) is 19.1. The van der Waals surface area contributed by atoms with Crippen molar-refractivity contribution >= 4 is 28.8 Å². The van der Waals surface area contributed by atoms with Gasteiger partial charge in [-0.15, -0.1) is 11.3 Å². The molecule has 1 aliphatic rings. The van der Waals surface area contributed by atoms with E-state index in [4.69, 9.17) is 26.1 Å². The minimum Gasteiger partial charge on any atom is -0.496 e. The van der Waals surface area contributed by atoms with Crippen LogP contribution in [-0.2, 0) is 6.54 Å². The third kappa shape index (κ3) is 4.84. The molecule has 1 saturated heterocycles. The molecule has 6 nitrogen and oxygen atoms in total. The molecule has 1 fully saturated rings. The predicted molar refractivity (Wildman–Crippen MR) is 123 cm³/mol. The monoisotopic (exact) mass is 457 g/mol. The van der Waals surface area contributed by atoms with Crippen LogP contribution >= 0.6 is 22.9 Å². The summed E-state index contributed by atoms with van der Waals surface area (Å²) in [5, 5.41) is 3.86. The Kier molecular flexibility index (Phi) is 6.75. The number of rotatable bonds is 6. The molecule has 0 radical (unpaired) electrons. The Hall–Kier alpha value is -2.61. The minimum absolute atomic E-state index is 0.0618. The largest absolute Gasteiger partial charge is 0.496 e. The van der Waals surface area contributed by atoms with Gasteiger partial charge < -0.3 is 14.4 Å². The lowest BCUT2D eigenvalue weighted by Gasteiger charge is -2.34. The summed E-state index contributed by atoms with van der Waals surface area (Å²) in [6.45, 7) is 3.65. The molecule has 0 saturated carbocycles. The van der Waals surface area contributed by atoms with Crippen molar-refractivity contribution in [3.8, 4) is 22.8 Å². The second-order valence-electron chi connectivity index (χ2n) is 7.24. The van der Waals surface area contributed by atoms with Gasteiger partial charge >= 0.3 is 0 Å². The van der Waals surface area contributed by atoms with Crippen LogP contribution in [0.5, 0.6) is 11.5 Å². The number of methoxy groups -OCH3 is 2. The molecule has 0 unspecified atom stereocenters. The fourth-order valence-corrected chi connectivity index (χ4v) is 4.63. The number of carbonyl (C=O) groups excluding carboxylic acids is 1. The fourth-order valence-electron chi connectivity index (χ4n) is 3.66. The van der Waals surface area contributed by atoms with Crippen LogP contribution < -0.4 is 9.47 Å². The molecule has 0 bridgehead atoms. The van der Waals surface area contributed by atoms with E-state index in [2.05, 4.69) is 10.3 Å². The van der Waals surface area contributed by atoms with Crippen molar-refractivity contribution in [3.05, 3.63) is 63.4 Å². The van der Waals surface area contributed by atoms with Gasteiger partial charge in [-0.1, -0.05) is 29.8 Å². The second kappa shape index (κ2) is 9.68. The number of ether oxygens (including phenoxy) is 2. The molecule has 2 heterocycles. The maximum Gasteiger partial charge on any atom is 0.261 e. The molecule has 0 spiro atoms. The molecular formula is C23H24ClN3O3S. The first-order chi connectivity index (χ1) is 15.1. The summed E-state index contributed by atoms with van der Waals surface area (Å²) >= 11 is 7.63. The summed E-state index contributed by atoms with van der Waals surface area (Å²) in [5.41, 5.74) is 2.51. The number of hydrogen-bond acceptors (Lipinski definition) is 6. The Labute approximate surface area is 191 Å². The van der Waals surface area contributed by atoms with Gasteiger partial charge in [0.2, 0.25) is 0 Å². The van der Waals surface area contributed by atoms with Crippen molar-refractivity contribution in [2.75, 3.05) is 40.4 Å². The normalized spacial score (nSPS) is 14.5. The average molecular weight is 458 g/mol. The number of benzene rings is 2. The zero-order chi connectivity index (χ0) is 21.8. The summed E-state index contributed by atoms with van der Waals surface area (Å²) < 4.78 is 10.8. The molecule has 1 aliphatic heterocycles. The number of thiazole rings is 1. The van der Waals surface area contributed by atoms with Gasteiger partial charge in [-0.3, -0.25) is 9.69 Å². The Morgan fingerprint density at radius 3 is 2.29 bits per heavy atom. The third-order valence-electron chi connectivity index (χ3n) is 5.35. The number of hydrogen-bond donors (Lipinski definition) is 0. The molecule has 1 aromatic heterocycles. The van der Waals surface area contributed by atoms with Gasteiger partial charge in [0.25, 0.3) is 5.91 Å². The van der Waals surface area contributed by atoms with E-state index < -0.39 is 0 Å². The van der Waals surface area contributed by atoms with Crippen LogP contribution in [0.1, 0.15) is 15.4 Å². The number of carbonyl (C=O) groups is 1. The van der Waals surface area contributed by atoms with Crippen molar-refractivity contribution in [2.24, 2.45) is 0 Å². The quantitative estimate of drug-likeness (QED) is 0.547. The van der Waals surface area contributed by atoms with Crippen LogP contribution in [0.3, 0.4) is 0 Å². The molecule has 162 valence electrons. The van der Waals surface area contributed by atoms with Gasteiger partial charge in [-0.2, -0.15) is 0 Å². The maximum absolute atomic E-state index is 13.1. The van der Waals surface area contributed by atoms with Crippen molar-refractivity contribution in [2.45, 2.75) is 6.54 Å². The Bertz CT molecular complexity index is 1020. The molecule has 2 aromatic carbocycles. The van der Waals surface area contributed by atoms with Crippen molar-refractivity contribution < 1.29 is 14.3 Å². The van der Waals surface area contributed by atoms with Gasteiger partial charge in [-0.05, 0) is 24.3 Å². The van der Waals surface area contributed by atoms with Crippen molar-refractivity contribution in [1.29, 1.82) is 0 Å². The SMILES string of the molecule is COc1cccc(OC)c1C(=O)N1CCN(Cc2nc(-c3ccc(Cl)cc3)cs2)CC1. The highest BCUT2D eigenvalue weighted by Crippen LogP contribution is 2.30. The van der Waals surface area contributed by atoms with Crippen LogP contribution in [-0.4, -0.2) is 61.1 Å². The Balaban J connectivity index is 1.37. The highest BCUT2D eigenvalue weighted by molar-refractivity contribution is 7.09. The van der Waals surface area contributed by atoms with E-state index in [-0.39, 0.29) is 5.91 Å². The summed E-state index contributed by atoms with van der Waals surface area (Å²) in [5.74, 6) is 1.00. The van der Waals surface area contributed by atoms with Crippen LogP contribution in [0.4, 0.5) is 0 Å². The molecule has 31 heavy (non-hydrogen) atoms. The van der Waals surface area contributed by atoms with Gasteiger partial charge in [0.1, 0.15) is 22.1 Å². The third-order valence-corrected chi connectivity index (χ3v) is 6.44. The standard InChI is InChI=1S/C23H24ClN3O3S/c1-29-19-4-3-5-20(30-2)22(19)23(28)27-12-10-26(11-13-27)14-21-25-18(15-31-21)16-6-8-17(24)9-7-16/h3-9,15H,10-14H2,1-2H3. The van der Waals surface area contributed by atoms with E-state index in [0.717, 1.165) is 40.9 Å². The number of amides is 1. The van der Waals surface area contributed by atoms with Crippen LogP contribution in [0.25, 0.3) is 11.3 Å². The molecule has 8 heteroatoms. The Morgan fingerprint density at radius 2 is 1.68 bits per heavy atom. The summed E-state index contributed by atoms with van der Waals surface area (Å²) in [6, 6.07) is 13.1. The maximum atomic E-state index is 13.1. The minimum atomic E-state index is -0.0618. The summed E-state index contributed by atoms with van der Waals surface area (Å²) in [4.78, 5) is 22.1.